The Labute approximate surface area is 144 Å². The molecule has 136 valence electrons. The molecule has 0 unspecified atom stereocenters. The number of hydrogen-bond donors (Lipinski definition) is 1. The van der Waals surface area contributed by atoms with Gasteiger partial charge in [-0.25, -0.2) is 0 Å². The van der Waals surface area contributed by atoms with Crippen LogP contribution in [0.15, 0.2) is 0 Å². The van der Waals surface area contributed by atoms with Gasteiger partial charge in [-0.2, -0.15) is 0 Å². The number of nitrogens with one attached hydrogen (secondary N) is 1. The van der Waals surface area contributed by atoms with Crippen LogP contribution in [0.3, 0.4) is 0 Å². The first-order valence-electron chi connectivity index (χ1n) is 9.53. The van der Waals surface area contributed by atoms with E-state index in [2.05, 4.69) is 0 Å². The van der Waals surface area contributed by atoms with Gasteiger partial charge in [-0.3, -0.25) is 4.79 Å². The molecule has 1 aliphatic carbocycles. The molecule has 6 nitrogen and oxygen atoms in total. The average Bonchev–Trinajstić information content (AvgIpc) is 2.52. The summed E-state index contributed by atoms with van der Waals surface area (Å²) in [6.07, 6.45) is 5.15. The van der Waals surface area contributed by atoms with Gasteiger partial charge in [0.2, 0.25) is 5.91 Å². The Morgan fingerprint density at radius 1 is 1.12 bits per heavy atom. The Kier molecular flexibility index (Phi) is 6.11. The molecule has 0 aromatic heterocycles. The van der Waals surface area contributed by atoms with E-state index in [0.717, 1.165) is 65.1 Å². The Bertz CT molecular complexity index is 446. The van der Waals surface area contributed by atoms with Crippen LogP contribution in [0.4, 0.5) is 0 Å². The zero-order valence-corrected chi connectivity index (χ0v) is 14.5. The van der Waals surface area contributed by atoms with E-state index in [1.54, 1.807) is 0 Å². The van der Waals surface area contributed by atoms with Gasteiger partial charge in [-0.05, 0) is 37.5 Å². The lowest BCUT2D eigenvalue weighted by Crippen LogP contribution is -3.14. The highest BCUT2D eigenvalue weighted by Gasteiger charge is 2.36. The molecule has 0 bridgehead atoms. The van der Waals surface area contributed by atoms with Crippen LogP contribution in [0.2, 0.25) is 0 Å². The van der Waals surface area contributed by atoms with Gasteiger partial charge in [-0.15, -0.1) is 0 Å². The molecule has 6 heteroatoms. The van der Waals surface area contributed by atoms with E-state index in [1.807, 2.05) is 4.90 Å². The van der Waals surface area contributed by atoms with E-state index in [1.165, 1.54) is 11.3 Å². The number of hydrogen-bond acceptors (Lipinski definition) is 4. The third-order valence-corrected chi connectivity index (χ3v) is 6.15. The highest BCUT2D eigenvalue weighted by atomic mass is 16.5. The molecule has 2 saturated heterocycles. The third-order valence-electron chi connectivity index (χ3n) is 6.15. The van der Waals surface area contributed by atoms with Gasteiger partial charge in [0.15, 0.2) is 0 Å². The number of carbonyl (C=O) groups excluding carboxylic acids is 2. The highest BCUT2D eigenvalue weighted by molar-refractivity contribution is 5.79. The van der Waals surface area contributed by atoms with Crippen molar-refractivity contribution in [1.29, 1.82) is 0 Å². The van der Waals surface area contributed by atoms with Crippen LogP contribution in [-0.2, 0) is 14.3 Å². The van der Waals surface area contributed by atoms with Crippen LogP contribution in [0.1, 0.15) is 38.5 Å². The smallest absolute Gasteiger partial charge is 0.225 e. The predicted molar refractivity (Wildman–Crippen MR) is 86.1 cm³/mol. The minimum absolute atomic E-state index is 0.134. The van der Waals surface area contributed by atoms with E-state index in [-0.39, 0.29) is 24.2 Å². The first-order chi connectivity index (χ1) is 11.6. The number of nitrogens with zero attached hydrogens (tertiary/aromatic N) is 1. The molecule has 2 aliphatic heterocycles. The second kappa shape index (κ2) is 8.30. The Hall–Kier alpha value is -1.14. The molecule has 1 amide bonds. The zero-order chi connectivity index (χ0) is 16.9. The van der Waals surface area contributed by atoms with Gasteiger partial charge < -0.3 is 24.4 Å². The van der Waals surface area contributed by atoms with Crippen molar-refractivity contribution in [2.45, 2.75) is 38.5 Å². The lowest BCUT2D eigenvalue weighted by Gasteiger charge is -2.41. The molecule has 3 fully saturated rings. The van der Waals surface area contributed by atoms with Crippen LogP contribution in [0.25, 0.3) is 0 Å². The number of ether oxygens (including phenoxy) is 1. The van der Waals surface area contributed by atoms with Crippen molar-refractivity contribution in [3.63, 3.8) is 0 Å². The van der Waals surface area contributed by atoms with E-state index >= 15 is 0 Å². The molecule has 0 aromatic rings. The summed E-state index contributed by atoms with van der Waals surface area (Å²) in [5, 5.41) is 11.1. The van der Waals surface area contributed by atoms with E-state index in [9.17, 15) is 14.7 Å². The number of piperidine rings is 1. The highest BCUT2D eigenvalue weighted by Crippen LogP contribution is 2.33. The second-order valence-electron chi connectivity index (χ2n) is 7.70. The predicted octanol–water partition coefficient (Wildman–Crippen LogP) is -1.30. The van der Waals surface area contributed by atoms with Crippen LogP contribution < -0.4 is 10.0 Å². The second-order valence-corrected chi connectivity index (χ2v) is 7.70. The number of carboxylic acid groups (broad SMARTS) is 1. The van der Waals surface area contributed by atoms with Crippen molar-refractivity contribution in [1.82, 2.24) is 4.90 Å². The minimum Gasteiger partial charge on any atom is -0.550 e. The van der Waals surface area contributed by atoms with Crippen LogP contribution in [0, 0.1) is 17.8 Å². The molecule has 0 spiro atoms. The summed E-state index contributed by atoms with van der Waals surface area (Å²) in [7, 11) is 0. The fourth-order valence-electron chi connectivity index (χ4n) is 4.30. The van der Waals surface area contributed by atoms with Crippen LogP contribution >= 0.6 is 0 Å². The summed E-state index contributed by atoms with van der Waals surface area (Å²) in [5.74, 6) is 0.0180. The molecular weight excluding hydrogens is 308 g/mol. The first-order valence-corrected chi connectivity index (χ1v) is 9.53. The number of amides is 1. The third kappa shape index (κ3) is 4.48. The summed E-state index contributed by atoms with van der Waals surface area (Å²) in [6.45, 7) is 6.18. The molecule has 1 saturated carbocycles. The maximum Gasteiger partial charge on any atom is 0.225 e. The van der Waals surface area contributed by atoms with Gasteiger partial charge in [0.05, 0.1) is 19.8 Å². The number of rotatable bonds is 6. The fraction of sp³-hybridized carbons (Fsp3) is 0.889. The Balaban J connectivity index is 1.55. The van der Waals surface area contributed by atoms with E-state index in [4.69, 9.17) is 4.74 Å². The van der Waals surface area contributed by atoms with Crippen LogP contribution in [-0.4, -0.2) is 62.7 Å². The summed E-state index contributed by atoms with van der Waals surface area (Å²) in [5.41, 5.74) is 0. The molecule has 3 aliphatic rings. The summed E-state index contributed by atoms with van der Waals surface area (Å²) in [4.78, 5) is 27.2. The summed E-state index contributed by atoms with van der Waals surface area (Å²) < 4.78 is 5.40. The Morgan fingerprint density at radius 2 is 1.88 bits per heavy atom. The van der Waals surface area contributed by atoms with Gasteiger partial charge in [-0.1, -0.05) is 6.42 Å². The molecule has 2 atom stereocenters. The number of quaternary nitrogens is 1. The number of carbonyl (C=O) groups is 2. The van der Waals surface area contributed by atoms with E-state index in [0.29, 0.717) is 12.5 Å². The number of aliphatic carboxylic acids is 1. The van der Waals surface area contributed by atoms with Gasteiger partial charge in [0.25, 0.3) is 0 Å². The quantitative estimate of drug-likeness (QED) is 0.653. The summed E-state index contributed by atoms with van der Waals surface area (Å²) in [6, 6.07) is 0. The SMILES string of the molecule is O=C([O-])C[C@@H]1CCN(C(=O)C2CCC2)C[C@@H]1CC[NH+]1CCOCC1. The van der Waals surface area contributed by atoms with Crippen molar-refractivity contribution in [2.75, 3.05) is 45.9 Å². The minimum atomic E-state index is -0.956. The molecule has 0 radical (unpaired) electrons. The maximum absolute atomic E-state index is 12.5. The standard InChI is InChI=1S/C18H30N2O4/c21-17(22)12-15-5-7-20(18(23)14-2-1-3-14)13-16(15)4-6-19-8-10-24-11-9-19/h14-16H,1-13H2,(H,21,22)/t15-,16-/m0/s1. The fourth-order valence-corrected chi connectivity index (χ4v) is 4.30. The Morgan fingerprint density at radius 3 is 2.50 bits per heavy atom. The molecule has 0 aromatic carbocycles. The monoisotopic (exact) mass is 338 g/mol. The lowest BCUT2D eigenvalue weighted by atomic mass is 9.79. The maximum atomic E-state index is 12.5. The summed E-state index contributed by atoms with van der Waals surface area (Å²) >= 11 is 0. The normalized spacial score (nSPS) is 29.2. The van der Waals surface area contributed by atoms with Gasteiger partial charge in [0, 0.05) is 31.4 Å². The average molecular weight is 338 g/mol. The van der Waals surface area contributed by atoms with E-state index < -0.39 is 5.97 Å². The number of carboxylic acids is 1. The van der Waals surface area contributed by atoms with Crippen molar-refractivity contribution in [3.8, 4) is 0 Å². The molecular formula is C18H30N2O4. The molecule has 3 rings (SSSR count). The van der Waals surface area contributed by atoms with Crippen molar-refractivity contribution < 1.29 is 24.3 Å². The molecule has 1 N–H and O–H groups in total. The number of morpholine rings is 1. The van der Waals surface area contributed by atoms with Crippen molar-refractivity contribution in [2.24, 2.45) is 17.8 Å². The van der Waals surface area contributed by atoms with Gasteiger partial charge >= 0.3 is 0 Å². The zero-order valence-electron chi connectivity index (χ0n) is 14.5. The molecule has 24 heavy (non-hydrogen) atoms. The van der Waals surface area contributed by atoms with Crippen molar-refractivity contribution in [3.05, 3.63) is 0 Å². The molecule has 2 heterocycles. The van der Waals surface area contributed by atoms with Gasteiger partial charge in [0.1, 0.15) is 13.1 Å². The topological polar surface area (TPSA) is 74.1 Å². The van der Waals surface area contributed by atoms with Crippen molar-refractivity contribution >= 4 is 11.9 Å². The first kappa shape index (κ1) is 17.7. The van der Waals surface area contributed by atoms with Crippen LogP contribution in [0.5, 0.6) is 0 Å². The largest absolute Gasteiger partial charge is 0.550 e. The lowest BCUT2D eigenvalue weighted by molar-refractivity contribution is -0.908. The number of likely N-dealkylation sites (tertiary alicyclic amines) is 1.